The van der Waals surface area contributed by atoms with Crippen LogP contribution in [0.5, 0.6) is 0 Å². The smallest absolute Gasteiger partial charge is 0.172 e. The van der Waals surface area contributed by atoms with Crippen molar-refractivity contribution in [3.8, 4) is 0 Å². The van der Waals surface area contributed by atoms with E-state index in [1.807, 2.05) is 0 Å². The molecule has 0 spiro atoms. The minimum absolute atomic E-state index is 0.927. The van der Waals surface area contributed by atoms with Crippen LogP contribution in [-0.4, -0.2) is 18.8 Å². The molecule has 0 fully saturated rings. The van der Waals surface area contributed by atoms with Crippen LogP contribution in [0.1, 0.15) is 26.2 Å². The van der Waals surface area contributed by atoms with Gasteiger partial charge in [-0.2, -0.15) is 0 Å². The number of unbranched alkanes of at least 4 members (excludes halogenated alkanes) is 2. The van der Waals surface area contributed by atoms with Gasteiger partial charge in [0, 0.05) is 0 Å². The van der Waals surface area contributed by atoms with E-state index < -0.39 is 8.32 Å². The summed E-state index contributed by atoms with van der Waals surface area (Å²) in [4.78, 5) is 0. The first-order valence-electron chi connectivity index (χ1n) is 4.17. The summed E-state index contributed by atoms with van der Waals surface area (Å²) in [5, 5.41) is 0. The highest BCUT2D eigenvalue weighted by molar-refractivity contribution is 6.73. The highest BCUT2D eigenvalue weighted by Gasteiger charge is 2.17. The Labute approximate surface area is 68.8 Å². The van der Waals surface area contributed by atoms with E-state index in [0.29, 0.717) is 0 Å². The van der Waals surface area contributed by atoms with Crippen LogP contribution in [0.4, 0.5) is 0 Å². The molecule has 1 nitrogen and oxygen atoms in total. The summed E-state index contributed by atoms with van der Waals surface area (Å²) in [5.41, 5.74) is 0. The molecule has 0 saturated carbocycles. The lowest BCUT2D eigenvalue weighted by Gasteiger charge is -2.19. The molecule has 0 rings (SSSR count). The first-order chi connectivity index (χ1) is 4.62. The Hall–Kier alpha value is 0.394. The van der Waals surface area contributed by atoms with Crippen LogP contribution in [0.3, 0.4) is 0 Å². The van der Waals surface area contributed by atoms with E-state index in [1.165, 1.54) is 25.3 Å². The summed E-state index contributed by atoms with van der Waals surface area (Å²) in [6, 6.07) is 1.35. The summed E-state index contributed by atoms with van der Waals surface area (Å²) in [7, 11) is -0.225. The fourth-order valence-electron chi connectivity index (χ4n) is 0.903. The average molecular weight is 176 g/mol. The van der Waals surface area contributed by atoms with E-state index in [2.05, 4.69) is 20.0 Å². The molecule has 0 aliphatic carbocycles. The van der Waals surface area contributed by atoms with Crippen LogP contribution in [0, 0.1) is 0 Å². The van der Waals surface area contributed by atoms with Crippen molar-refractivity contribution < 1.29 is 4.12 Å². The molecule has 0 amide bonds. The van der Waals surface area contributed by atoms with Crippen LogP contribution in [0.25, 0.3) is 0 Å². The van der Waals surface area contributed by atoms with Gasteiger partial charge >= 0.3 is 0 Å². The monoisotopic (exact) mass is 176 g/mol. The molecule has 0 N–H and O–H groups in total. The van der Waals surface area contributed by atoms with E-state index in [1.54, 1.807) is 0 Å². The molecule has 0 aliphatic heterocycles. The summed E-state index contributed by atoms with van der Waals surface area (Å²) in [6.07, 6.45) is 4.07. The Kier molecular flexibility index (Phi) is 5.30. The quantitative estimate of drug-likeness (QED) is 0.457. The Balaban J connectivity index is 3.28. The summed E-state index contributed by atoms with van der Waals surface area (Å²) >= 11 is 0. The van der Waals surface area contributed by atoms with Crippen molar-refractivity contribution >= 4 is 18.8 Å². The second-order valence-corrected chi connectivity index (χ2v) is 9.07. The van der Waals surface area contributed by atoms with Crippen molar-refractivity contribution in [2.45, 2.75) is 45.3 Å². The molecule has 0 atom stereocenters. The molecule has 0 radical (unpaired) electrons. The van der Waals surface area contributed by atoms with Gasteiger partial charge in [0.15, 0.2) is 8.32 Å². The molecule has 0 aliphatic rings. The molecule has 0 aromatic carbocycles. The maximum absolute atomic E-state index is 5.56. The largest absolute Gasteiger partial charge is 0.463 e. The Morgan fingerprint density at radius 2 is 1.90 bits per heavy atom. The van der Waals surface area contributed by atoms with Crippen molar-refractivity contribution in [3.63, 3.8) is 0 Å². The first kappa shape index (κ1) is 10.4. The predicted molar refractivity (Wildman–Crippen MR) is 52.8 cm³/mol. The second kappa shape index (κ2) is 5.10. The van der Waals surface area contributed by atoms with Gasteiger partial charge in [-0.1, -0.05) is 26.2 Å². The van der Waals surface area contributed by atoms with Crippen molar-refractivity contribution in [1.29, 1.82) is 0 Å². The Bertz CT molecular complexity index is 83.7. The van der Waals surface area contributed by atoms with Gasteiger partial charge in [-0.3, -0.25) is 0 Å². The second-order valence-electron chi connectivity index (χ2n) is 3.42. The van der Waals surface area contributed by atoms with Gasteiger partial charge in [0.1, 0.15) is 10.5 Å². The zero-order valence-corrected chi connectivity index (χ0v) is 10.7. The number of rotatable bonds is 5. The van der Waals surface area contributed by atoms with E-state index in [4.69, 9.17) is 4.12 Å². The molecule has 0 saturated heterocycles. The average Bonchev–Trinajstić information content (AvgIpc) is 1.89. The fourth-order valence-corrected chi connectivity index (χ4v) is 2.82. The Morgan fingerprint density at radius 1 is 1.30 bits per heavy atom. The zero-order valence-electron chi connectivity index (χ0n) is 7.74. The Morgan fingerprint density at radius 3 is 2.30 bits per heavy atom. The third-order valence-electron chi connectivity index (χ3n) is 1.93. The molecule has 0 unspecified atom stereocenters. The van der Waals surface area contributed by atoms with E-state index >= 15 is 0 Å². The normalized spacial score (nSPS) is 12.3. The fraction of sp³-hybridized carbons (Fsp3) is 1.00. The molecule has 62 valence electrons. The van der Waals surface area contributed by atoms with Crippen LogP contribution in [0.2, 0.25) is 19.1 Å². The highest BCUT2D eigenvalue weighted by Crippen LogP contribution is 2.14. The zero-order chi connectivity index (χ0) is 8.04. The molecule has 10 heavy (non-hydrogen) atoms. The van der Waals surface area contributed by atoms with E-state index in [9.17, 15) is 0 Å². The molecule has 0 aromatic heterocycles. The predicted octanol–water partition coefficient (Wildman–Crippen LogP) is 1.68. The standard InChI is InChI=1S/C7H20OSi2/c1-4-5-6-7-10(2,3)8-9/h4-7H2,1-3,9H3. The molecule has 3 heteroatoms. The molecule has 0 bridgehead atoms. The summed E-state index contributed by atoms with van der Waals surface area (Å²) < 4.78 is 5.56. The first-order valence-corrected chi connectivity index (χ1v) is 8.10. The third kappa shape index (κ3) is 5.20. The lowest BCUT2D eigenvalue weighted by molar-refractivity contribution is 0.594. The van der Waals surface area contributed by atoms with Crippen LogP contribution < -0.4 is 0 Å². The molecule has 0 aromatic rings. The van der Waals surface area contributed by atoms with Gasteiger partial charge < -0.3 is 4.12 Å². The van der Waals surface area contributed by atoms with Gasteiger partial charge in [0.05, 0.1) is 0 Å². The van der Waals surface area contributed by atoms with Gasteiger partial charge in [0.2, 0.25) is 0 Å². The third-order valence-corrected chi connectivity index (χ3v) is 7.91. The highest BCUT2D eigenvalue weighted by atomic mass is 28.4. The minimum atomic E-state index is -1.15. The summed E-state index contributed by atoms with van der Waals surface area (Å²) in [6.45, 7) is 6.88. The van der Waals surface area contributed by atoms with Gasteiger partial charge in [-0.05, 0) is 19.1 Å². The van der Waals surface area contributed by atoms with E-state index in [-0.39, 0.29) is 0 Å². The van der Waals surface area contributed by atoms with Crippen molar-refractivity contribution in [2.75, 3.05) is 0 Å². The molecular weight excluding hydrogens is 156 g/mol. The van der Waals surface area contributed by atoms with Crippen molar-refractivity contribution in [2.24, 2.45) is 0 Å². The maximum Gasteiger partial charge on any atom is 0.172 e. The van der Waals surface area contributed by atoms with Crippen LogP contribution in [0.15, 0.2) is 0 Å². The minimum Gasteiger partial charge on any atom is -0.463 e. The van der Waals surface area contributed by atoms with Crippen molar-refractivity contribution in [1.82, 2.24) is 0 Å². The lowest BCUT2D eigenvalue weighted by Crippen LogP contribution is -2.28. The van der Waals surface area contributed by atoms with Crippen LogP contribution in [-0.2, 0) is 4.12 Å². The lowest BCUT2D eigenvalue weighted by atomic mass is 10.3. The van der Waals surface area contributed by atoms with Gasteiger partial charge in [0.25, 0.3) is 0 Å². The van der Waals surface area contributed by atoms with Gasteiger partial charge in [-0.15, -0.1) is 0 Å². The topological polar surface area (TPSA) is 9.23 Å². The van der Waals surface area contributed by atoms with Crippen molar-refractivity contribution in [3.05, 3.63) is 0 Å². The SMILES string of the molecule is CCCCC[Si](C)(C)O[SiH3]. The molecular formula is C7H20OSi2. The molecule has 0 heterocycles. The van der Waals surface area contributed by atoms with Gasteiger partial charge in [-0.25, -0.2) is 0 Å². The van der Waals surface area contributed by atoms with E-state index in [0.717, 1.165) is 10.5 Å². The number of hydrogen-bond donors (Lipinski definition) is 0. The summed E-state index contributed by atoms with van der Waals surface area (Å²) in [5.74, 6) is 0. The number of hydrogen-bond acceptors (Lipinski definition) is 1. The van der Waals surface area contributed by atoms with Crippen LogP contribution >= 0.6 is 0 Å². The maximum atomic E-state index is 5.56.